The first kappa shape index (κ1) is 19.6. The van der Waals surface area contributed by atoms with Crippen molar-refractivity contribution in [3.05, 3.63) is 46.9 Å². The van der Waals surface area contributed by atoms with Gasteiger partial charge in [0.2, 0.25) is 0 Å². The van der Waals surface area contributed by atoms with Crippen LogP contribution in [-0.2, 0) is 14.1 Å². The fourth-order valence-corrected chi connectivity index (χ4v) is 4.79. The molecule has 5 aromatic rings. The molecule has 11 nitrogen and oxygen atoms in total. The molecule has 5 heterocycles. The molecular formula is C22H24N10O. The number of aromatic amines is 1. The average Bonchev–Trinajstić information content (AvgIpc) is 3.46. The third kappa shape index (κ3) is 2.95. The molecule has 0 aliphatic carbocycles. The van der Waals surface area contributed by atoms with Crippen molar-refractivity contribution in [2.75, 3.05) is 18.0 Å². The zero-order valence-electron chi connectivity index (χ0n) is 18.7. The van der Waals surface area contributed by atoms with Gasteiger partial charge in [-0.05, 0) is 31.9 Å². The van der Waals surface area contributed by atoms with E-state index in [0.717, 1.165) is 59.8 Å². The molecule has 11 heteroatoms. The van der Waals surface area contributed by atoms with Crippen molar-refractivity contribution in [3.63, 3.8) is 0 Å². The van der Waals surface area contributed by atoms with Gasteiger partial charge in [0.25, 0.3) is 0 Å². The summed E-state index contributed by atoms with van der Waals surface area (Å²) in [5.74, 6) is 3.02. The maximum absolute atomic E-state index is 12.6. The third-order valence-corrected chi connectivity index (χ3v) is 6.68. The molecule has 0 radical (unpaired) electrons. The summed E-state index contributed by atoms with van der Waals surface area (Å²) in [7, 11) is 3.86. The van der Waals surface area contributed by atoms with Gasteiger partial charge in [-0.2, -0.15) is 0 Å². The highest BCUT2D eigenvalue weighted by atomic mass is 16.1. The standard InChI is InChI=1S/C22H24N10O/c1-13-27-28-21(29(13)2)20-26-17-18(30(20)3)23-12-24-19(17)31-10-8-14(9-11-31)32-16-7-5-4-6-15(16)25-22(32)33/h4-7,12,14H,8-11H2,1-3H3,(H,25,33). The lowest BCUT2D eigenvalue weighted by Gasteiger charge is -2.33. The topological polar surface area (TPSA) is 115 Å². The largest absolute Gasteiger partial charge is 0.355 e. The van der Waals surface area contributed by atoms with Gasteiger partial charge in [-0.25, -0.2) is 19.7 Å². The Balaban J connectivity index is 1.33. The maximum Gasteiger partial charge on any atom is 0.326 e. The van der Waals surface area contributed by atoms with Crippen molar-refractivity contribution in [1.29, 1.82) is 0 Å². The number of H-pyrrole nitrogens is 1. The Hall–Kier alpha value is -4.02. The summed E-state index contributed by atoms with van der Waals surface area (Å²) in [5, 5.41) is 8.45. The van der Waals surface area contributed by atoms with Gasteiger partial charge in [-0.1, -0.05) is 12.1 Å². The number of hydrogen-bond donors (Lipinski definition) is 1. The number of piperidine rings is 1. The third-order valence-electron chi connectivity index (χ3n) is 6.68. The highest BCUT2D eigenvalue weighted by Crippen LogP contribution is 2.31. The van der Waals surface area contributed by atoms with E-state index in [1.807, 2.05) is 59.0 Å². The van der Waals surface area contributed by atoms with Crippen LogP contribution in [-0.4, -0.2) is 56.9 Å². The van der Waals surface area contributed by atoms with Crippen LogP contribution in [0.3, 0.4) is 0 Å². The number of aryl methyl sites for hydroxylation is 2. The number of fused-ring (bicyclic) bond motifs is 2. The molecule has 1 aromatic carbocycles. The molecule has 1 aliphatic heterocycles. The Labute approximate surface area is 188 Å². The second-order valence-electron chi connectivity index (χ2n) is 8.53. The lowest BCUT2D eigenvalue weighted by molar-refractivity contribution is 0.395. The van der Waals surface area contributed by atoms with Gasteiger partial charge >= 0.3 is 5.69 Å². The number of rotatable bonds is 3. The maximum atomic E-state index is 12.6. The van der Waals surface area contributed by atoms with Crippen LogP contribution in [0, 0.1) is 6.92 Å². The molecule has 0 atom stereocenters. The van der Waals surface area contributed by atoms with Crippen LogP contribution in [0.5, 0.6) is 0 Å². The number of anilines is 1. The van der Waals surface area contributed by atoms with E-state index >= 15 is 0 Å². The summed E-state index contributed by atoms with van der Waals surface area (Å²) in [4.78, 5) is 31.7. The summed E-state index contributed by atoms with van der Waals surface area (Å²) in [5.41, 5.74) is 3.29. The molecule has 33 heavy (non-hydrogen) atoms. The minimum Gasteiger partial charge on any atom is -0.355 e. The van der Waals surface area contributed by atoms with E-state index in [2.05, 4.69) is 30.0 Å². The van der Waals surface area contributed by atoms with Gasteiger partial charge in [0.05, 0.1) is 11.0 Å². The Morgan fingerprint density at radius 3 is 2.55 bits per heavy atom. The Morgan fingerprint density at radius 1 is 1.00 bits per heavy atom. The van der Waals surface area contributed by atoms with E-state index in [0.29, 0.717) is 11.6 Å². The fourth-order valence-electron chi connectivity index (χ4n) is 4.79. The molecule has 0 unspecified atom stereocenters. The van der Waals surface area contributed by atoms with Crippen LogP contribution in [0.15, 0.2) is 35.4 Å². The van der Waals surface area contributed by atoms with Crippen LogP contribution < -0.4 is 10.6 Å². The molecule has 6 rings (SSSR count). The van der Waals surface area contributed by atoms with Crippen molar-refractivity contribution < 1.29 is 0 Å². The normalized spacial score (nSPS) is 15.2. The fraction of sp³-hybridized carbons (Fsp3) is 0.364. The first-order valence-electron chi connectivity index (χ1n) is 11.0. The van der Waals surface area contributed by atoms with Gasteiger partial charge in [-0.15, -0.1) is 10.2 Å². The molecule has 0 amide bonds. The van der Waals surface area contributed by atoms with Gasteiger partial charge < -0.3 is 19.0 Å². The van der Waals surface area contributed by atoms with Gasteiger partial charge in [-0.3, -0.25) is 4.57 Å². The number of hydrogen-bond acceptors (Lipinski definition) is 7. The molecule has 168 valence electrons. The predicted molar refractivity (Wildman–Crippen MR) is 124 cm³/mol. The van der Waals surface area contributed by atoms with Crippen LogP contribution in [0.25, 0.3) is 33.8 Å². The second-order valence-corrected chi connectivity index (χ2v) is 8.53. The Morgan fingerprint density at radius 2 is 1.79 bits per heavy atom. The second kappa shape index (κ2) is 7.26. The molecule has 1 N–H and O–H groups in total. The lowest BCUT2D eigenvalue weighted by atomic mass is 10.0. The molecular weight excluding hydrogens is 420 g/mol. The van der Waals surface area contributed by atoms with E-state index in [1.54, 1.807) is 6.33 Å². The molecule has 0 spiro atoms. The van der Waals surface area contributed by atoms with Crippen LogP contribution in [0.1, 0.15) is 24.7 Å². The van der Waals surface area contributed by atoms with E-state index in [4.69, 9.17) is 4.98 Å². The van der Waals surface area contributed by atoms with Crippen molar-refractivity contribution >= 4 is 28.0 Å². The highest BCUT2D eigenvalue weighted by Gasteiger charge is 2.27. The zero-order valence-corrected chi connectivity index (χ0v) is 18.7. The Kier molecular flexibility index (Phi) is 4.32. The Bertz CT molecular complexity index is 1550. The smallest absolute Gasteiger partial charge is 0.326 e. The number of para-hydroxylation sites is 2. The number of imidazole rings is 2. The van der Waals surface area contributed by atoms with E-state index < -0.39 is 0 Å². The van der Waals surface area contributed by atoms with Crippen LogP contribution >= 0.6 is 0 Å². The minimum absolute atomic E-state index is 0.0487. The zero-order chi connectivity index (χ0) is 22.7. The van der Waals surface area contributed by atoms with Crippen molar-refractivity contribution in [1.82, 2.24) is 43.8 Å². The summed E-state index contributed by atoms with van der Waals surface area (Å²) < 4.78 is 5.75. The lowest BCUT2D eigenvalue weighted by Crippen LogP contribution is -2.37. The summed E-state index contributed by atoms with van der Waals surface area (Å²) >= 11 is 0. The summed E-state index contributed by atoms with van der Waals surface area (Å²) in [6.07, 6.45) is 3.27. The number of aromatic nitrogens is 9. The molecule has 1 fully saturated rings. The quantitative estimate of drug-likeness (QED) is 0.452. The SMILES string of the molecule is Cc1nnc(-c2nc3c(N4CCC(n5c(=O)[nH]c6ccccc65)CC4)ncnc3n2C)n1C. The molecule has 4 aromatic heterocycles. The number of nitrogens with one attached hydrogen (secondary N) is 1. The predicted octanol–water partition coefficient (Wildman–Crippen LogP) is 1.95. The minimum atomic E-state index is -0.0487. The monoisotopic (exact) mass is 444 g/mol. The van der Waals surface area contributed by atoms with Crippen LogP contribution in [0.4, 0.5) is 5.82 Å². The van der Waals surface area contributed by atoms with E-state index in [-0.39, 0.29) is 11.7 Å². The molecule has 1 aliphatic rings. The van der Waals surface area contributed by atoms with Gasteiger partial charge in [0, 0.05) is 33.2 Å². The number of benzene rings is 1. The summed E-state index contributed by atoms with van der Waals surface area (Å²) in [6.45, 7) is 3.46. The van der Waals surface area contributed by atoms with E-state index in [1.165, 1.54) is 0 Å². The van der Waals surface area contributed by atoms with Crippen LogP contribution in [0.2, 0.25) is 0 Å². The van der Waals surface area contributed by atoms with Gasteiger partial charge in [0.1, 0.15) is 12.2 Å². The van der Waals surface area contributed by atoms with Crippen molar-refractivity contribution in [3.8, 4) is 11.6 Å². The first-order valence-corrected chi connectivity index (χ1v) is 11.0. The first-order chi connectivity index (χ1) is 16.0. The number of nitrogens with zero attached hydrogens (tertiary/aromatic N) is 9. The highest BCUT2D eigenvalue weighted by molar-refractivity contribution is 5.86. The molecule has 0 bridgehead atoms. The molecule has 1 saturated heterocycles. The van der Waals surface area contributed by atoms with Crippen molar-refractivity contribution in [2.24, 2.45) is 14.1 Å². The summed E-state index contributed by atoms with van der Waals surface area (Å²) in [6, 6.07) is 7.99. The average molecular weight is 445 g/mol. The van der Waals surface area contributed by atoms with E-state index in [9.17, 15) is 4.79 Å². The molecule has 0 saturated carbocycles. The van der Waals surface area contributed by atoms with Crippen molar-refractivity contribution in [2.45, 2.75) is 25.8 Å². The van der Waals surface area contributed by atoms with Gasteiger partial charge in [0.15, 0.2) is 28.6 Å².